The van der Waals surface area contributed by atoms with Crippen LogP contribution in [0.2, 0.25) is 0 Å². The maximum atomic E-state index is 12.4. The van der Waals surface area contributed by atoms with E-state index in [9.17, 15) is 14.4 Å². The van der Waals surface area contributed by atoms with Crippen molar-refractivity contribution in [1.29, 1.82) is 5.41 Å². The van der Waals surface area contributed by atoms with Gasteiger partial charge in [0, 0.05) is 5.57 Å². The van der Waals surface area contributed by atoms with E-state index >= 15 is 0 Å². The van der Waals surface area contributed by atoms with E-state index in [1.54, 1.807) is 38.3 Å². The first-order valence-electron chi connectivity index (χ1n) is 7.76. The molecule has 10 heteroatoms. The van der Waals surface area contributed by atoms with Crippen molar-refractivity contribution in [2.45, 2.75) is 26.3 Å². The van der Waals surface area contributed by atoms with Gasteiger partial charge in [-0.25, -0.2) is 4.79 Å². The van der Waals surface area contributed by atoms with Crippen LogP contribution in [0.1, 0.15) is 30.4 Å². The fraction of sp³-hybridized carbons (Fsp3) is 0.375. The fourth-order valence-corrected chi connectivity index (χ4v) is 3.35. The fourth-order valence-electron chi connectivity index (χ4n) is 2.46. The molecule has 1 aliphatic heterocycles. The minimum absolute atomic E-state index is 0.000316. The number of nitrogens with zero attached hydrogens (tertiary/aromatic N) is 1. The van der Waals surface area contributed by atoms with Gasteiger partial charge in [0.2, 0.25) is 0 Å². The third kappa shape index (κ3) is 4.05. The highest BCUT2D eigenvalue weighted by Crippen LogP contribution is 2.31. The highest BCUT2D eigenvalue weighted by atomic mass is 35.5. The van der Waals surface area contributed by atoms with Crippen LogP contribution >= 0.6 is 22.9 Å². The van der Waals surface area contributed by atoms with Crippen molar-refractivity contribution in [1.82, 2.24) is 15.5 Å². The predicted octanol–water partition coefficient (Wildman–Crippen LogP) is 2.91. The molecule has 2 heterocycles. The number of nitrogens with one attached hydrogen (secondary N) is 3. The number of carbonyl (C=O) groups is 3. The number of rotatable bonds is 4. The lowest BCUT2D eigenvalue weighted by Crippen LogP contribution is -2.44. The molecular weight excluding hydrogens is 380 g/mol. The van der Waals surface area contributed by atoms with Crippen LogP contribution in [0.15, 0.2) is 28.9 Å². The molecule has 1 aromatic rings. The number of hydrogen-bond donors (Lipinski definition) is 3. The number of hydrogen-bond acceptors (Lipinski definition) is 6. The number of amides is 3. The molecule has 1 saturated heterocycles. The quantitative estimate of drug-likeness (QED) is 0.534. The number of ether oxygens (including phenoxy) is 1. The monoisotopic (exact) mass is 398 g/mol. The van der Waals surface area contributed by atoms with Gasteiger partial charge in [-0.2, -0.15) is 0 Å². The lowest BCUT2D eigenvalue weighted by atomic mass is 9.97. The van der Waals surface area contributed by atoms with Crippen LogP contribution in [0.25, 0.3) is 0 Å². The number of carbonyl (C=O) groups excluding carboxylic acids is 3. The largest absolute Gasteiger partial charge is 0.450 e. The summed E-state index contributed by atoms with van der Waals surface area (Å²) in [6, 6.07) is 3.35. The second-order valence-electron chi connectivity index (χ2n) is 5.90. The van der Waals surface area contributed by atoms with E-state index in [4.69, 9.17) is 21.7 Å². The van der Waals surface area contributed by atoms with Gasteiger partial charge in [0.25, 0.3) is 5.91 Å². The van der Waals surface area contributed by atoms with Crippen LogP contribution in [-0.2, 0) is 4.74 Å². The van der Waals surface area contributed by atoms with Gasteiger partial charge in [-0.05, 0) is 43.8 Å². The molecule has 0 bridgehead atoms. The average Bonchev–Trinajstić information content (AvgIpc) is 3.15. The molecule has 1 aromatic heterocycles. The first-order valence-corrected chi connectivity index (χ1v) is 9.02. The molecule has 0 unspecified atom stereocenters. The summed E-state index contributed by atoms with van der Waals surface area (Å²) in [4.78, 5) is 37.7. The van der Waals surface area contributed by atoms with Gasteiger partial charge in [0.05, 0.1) is 29.3 Å². The summed E-state index contributed by atoms with van der Waals surface area (Å²) in [6.45, 7) is 5.08. The predicted molar refractivity (Wildman–Crippen MR) is 98.7 cm³/mol. The van der Waals surface area contributed by atoms with Gasteiger partial charge < -0.3 is 20.4 Å². The Labute approximate surface area is 159 Å². The van der Waals surface area contributed by atoms with E-state index in [0.717, 1.165) is 0 Å². The zero-order valence-corrected chi connectivity index (χ0v) is 16.1. The van der Waals surface area contributed by atoms with Gasteiger partial charge in [0.15, 0.2) is 0 Å². The molecule has 0 aliphatic carbocycles. The van der Waals surface area contributed by atoms with E-state index < -0.39 is 22.9 Å². The molecular formula is C16H19ClN4O4S. The number of halogens is 1. The second-order valence-corrected chi connectivity index (χ2v) is 7.17. The molecule has 2 rings (SSSR count). The van der Waals surface area contributed by atoms with Gasteiger partial charge in [-0.15, -0.1) is 11.3 Å². The van der Waals surface area contributed by atoms with Crippen LogP contribution in [0.3, 0.4) is 0 Å². The van der Waals surface area contributed by atoms with Gasteiger partial charge in [-0.1, -0.05) is 6.07 Å². The third-order valence-electron chi connectivity index (χ3n) is 3.90. The number of alkyl carbamates (subject to hydrolysis) is 1. The normalized spacial score (nSPS) is 17.7. The van der Waals surface area contributed by atoms with E-state index in [1.807, 2.05) is 0 Å². The Morgan fingerprint density at radius 2 is 2.08 bits per heavy atom. The molecule has 1 fully saturated rings. The highest BCUT2D eigenvalue weighted by Gasteiger charge is 2.44. The Balaban J connectivity index is 2.40. The van der Waals surface area contributed by atoms with Gasteiger partial charge in [0.1, 0.15) is 5.82 Å². The van der Waals surface area contributed by atoms with Crippen LogP contribution in [0.4, 0.5) is 9.59 Å². The highest BCUT2D eigenvalue weighted by molar-refractivity contribution is 7.12. The van der Waals surface area contributed by atoms with Crippen molar-refractivity contribution in [2.24, 2.45) is 0 Å². The van der Waals surface area contributed by atoms with Crippen molar-refractivity contribution in [3.8, 4) is 0 Å². The molecule has 0 saturated carbocycles. The Kier molecular flexibility index (Phi) is 6.04. The van der Waals surface area contributed by atoms with Crippen molar-refractivity contribution >= 4 is 46.0 Å². The number of likely N-dealkylation sites (tertiary alicyclic amines) is 1. The zero-order chi connectivity index (χ0) is 19.5. The Morgan fingerprint density at radius 3 is 2.58 bits per heavy atom. The topological polar surface area (TPSA) is 112 Å². The molecule has 140 valence electrons. The molecule has 3 N–H and O–H groups in total. The first kappa shape index (κ1) is 19.9. The van der Waals surface area contributed by atoms with Gasteiger partial charge >= 0.3 is 11.5 Å². The SMILES string of the molecule is CCOC(=O)N/C(NC(=O)c1cccs1)=C1/CN(C(=O)Cl)C(C)(C)C1=N. The van der Waals surface area contributed by atoms with E-state index in [1.165, 1.54) is 16.2 Å². The number of thiophene rings is 1. The second kappa shape index (κ2) is 7.88. The molecule has 0 atom stereocenters. The van der Waals surface area contributed by atoms with Crippen LogP contribution in [0.5, 0.6) is 0 Å². The van der Waals surface area contributed by atoms with Crippen LogP contribution in [-0.4, -0.2) is 46.7 Å². The van der Waals surface area contributed by atoms with E-state index in [2.05, 4.69) is 10.6 Å². The summed E-state index contributed by atoms with van der Waals surface area (Å²) in [5.41, 5.74) is -0.643. The molecule has 0 spiro atoms. The Hall–Kier alpha value is -2.39. The summed E-state index contributed by atoms with van der Waals surface area (Å²) < 4.78 is 4.86. The summed E-state index contributed by atoms with van der Waals surface area (Å²) in [5, 5.41) is 14.4. The smallest absolute Gasteiger partial charge is 0.412 e. The zero-order valence-electron chi connectivity index (χ0n) is 14.5. The first-order chi connectivity index (χ1) is 12.2. The molecule has 0 aromatic carbocycles. The minimum atomic E-state index is -0.983. The molecule has 0 radical (unpaired) electrons. The van der Waals surface area contributed by atoms with Gasteiger partial charge in [-0.3, -0.25) is 14.9 Å². The molecule has 26 heavy (non-hydrogen) atoms. The van der Waals surface area contributed by atoms with Crippen LogP contribution in [0, 0.1) is 5.41 Å². The summed E-state index contributed by atoms with van der Waals surface area (Å²) in [7, 11) is 0. The standard InChI is InChI=1S/C16H19ClN4O4S/c1-4-25-15(24)20-12(19-13(22)10-6-5-7-26-10)9-8-21(14(17)23)16(2,3)11(9)18/h5-7,18H,4,8H2,1-3H3,(H,19,22)(H,20,24)/b12-9-,18-11?. The lowest BCUT2D eigenvalue weighted by molar-refractivity contribution is 0.0966. The third-order valence-corrected chi connectivity index (χ3v) is 4.98. The van der Waals surface area contributed by atoms with Crippen molar-refractivity contribution < 1.29 is 19.1 Å². The summed E-state index contributed by atoms with van der Waals surface area (Å²) in [5.74, 6) is -0.444. The van der Waals surface area contributed by atoms with Crippen LogP contribution < -0.4 is 10.6 Å². The van der Waals surface area contributed by atoms with E-state index in [-0.39, 0.29) is 30.3 Å². The summed E-state index contributed by atoms with van der Waals surface area (Å²) >= 11 is 6.85. The average molecular weight is 399 g/mol. The lowest BCUT2D eigenvalue weighted by Gasteiger charge is -2.28. The van der Waals surface area contributed by atoms with Crippen molar-refractivity contribution in [2.75, 3.05) is 13.2 Å². The van der Waals surface area contributed by atoms with E-state index in [0.29, 0.717) is 4.88 Å². The maximum Gasteiger partial charge on any atom is 0.412 e. The molecule has 1 aliphatic rings. The Morgan fingerprint density at radius 1 is 1.38 bits per heavy atom. The van der Waals surface area contributed by atoms with Crippen molar-refractivity contribution in [3.63, 3.8) is 0 Å². The molecule has 8 nitrogen and oxygen atoms in total. The minimum Gasteiger partial charge on any atom is -0.450 e. The Bertz CT molecular complexity index is 773. The molecule has 3 amide bonds. The maximum absolute atomic E-state index is 12.4. The summed E-state index contributed by atoms with van der Waals surface area (Å²) in [6.07, 6.45) is -0.775. The van der Waals surface area contributed by atoms with Crippen molar-refractivity contribution in [3.05, 3.63) is 33.8 Å².